The second-order valence-electron chi connectivity index (χ2n) is 4.64. The number of nitrogen functional groups attached to an aromatic ring is 1. The van der Waals surface area contributed by atoms with Crippen molar-refractivity contribution < 1.29 is 12.8 Å². The standard InChI is InChI=1S/C12H16FNO2S/c13-11-5-1-4-10(12(11)14)7-9-3-2-6-17(15,16)8-9/h1,4-5,9H,2-3,6-8,14H2. The summed E-state index contributed by atoms with van der Waals surface area (Å²) in [4.78, 5) is 0. The van der Waals surface area contributed by atoms with Gasteiger partial charge in [-0.3, -0.25) is 0 Å². The summed E-state index contributed by atoms with van der Waals surface area (Å²) < 4.78 is 36.2. The van der Waals surface area contributed by atoms with Crippen molar-refractivity contribution in [3.63, 3.8) is 0 Å². The van der Waals surface area contributed by atoms with Crippen LogP contribution in [0.15, 0.2) is 18.2 Å². The molecule has 1 atom stereocenters. The largest absolute Gasteiger partial charge is 0.396 e. The average molecular weight is 257 g/mol. The summed E-state index contributed by atoms with van der Waals surface area (Å²) >= 11 is 0. The molecule has 1 aliphatic rings. The smallest absolute Gasteiger partial charge is 0.150 e. The number of benzene rings is 1. The normalized spacial score (nSPS) is 23.5. The predicted octanol–water partition coefficient (Wildman–Crippen LogP) is 1.78. The molecule has 0 bridgehead atoms. The van der Waals surface area contributed by atoms with Gasteiger partial charge in [-0.1, -0.05) is 12.1 Å². The monoisotopic (exact) mass is 257 g/mol. The Kier molecular flexibility index (Phi) is 3.38. The minimum Gasteiger partial charge on any atom is -0.396 e. The van der Waals surface area contributed by atoms with E-state index in [1.54, 1.807) is 12.1 Å². The molecule has 1 aromatic rings. The van der Waals surface area contributed by atoms with Crippen molar-refractivity contribution in [2.75, 3.05) is 17.2 Å². The zero-order valence-corrected chi connectivity index (χ0v) is 10.3. The van der Waals surface area contributed by atoms with E-state index in [0.717, 1.165) is 6.42 Å². The van der Waals surface area contributed by atoms with Crippen LogP contribution in [0.25, 0.3) is 0 Å². The van der Waals surface area contributed by atoms with Crippen molar-refractivity contribution in [1.82, 2.24) is 0 Å². The molecule has 0 spiro atoms. The van der Waals surface area contributed by atoms with Crippen LogP contribution in [-0.2, 0) is 16.3 Å². The van der Waals surface area contributed by atoms with Crippen LogP contribution in [-0.4, -0.2) is 19.9 Å². The quantitative estimate of drug-likeness (QED) is 0.821. The third-order valence-electron chi connectivity index (χ3n) is 3.21. The van der Waals surface area contributed by atoms with Crippen LogP contribution >= 0.6 is 0 Å². The third kappa shape index (κ3) is 2.97. The Morgan fingerprint density at radius 1 is 1.41 bits per heavy atom. The Morgan fingerprint density at radius 2 is 2.18 bits per heavy atom. The summed E-state index contributed by atoms with van der Waals surface area (Å²) in [7, 11) is -2.91. The molecule has 1 unspecified atom stereocenters. The first kappa shape index (κ1) is 12.4. The van der Waals surface area contributed by atoms with E-state index in [9.17, 15) is 12.8 Å². The van der Waals surface area contributed by atoms with Gasteiger partial charge in [0.15, 0.2) is 9.84 Å². The maximum Gasteiger partial charge on any atom is 0.150 e. The number of sulfone groups is 1. The van der Waals surface area contributed by atoms with Crippen LogP contribution in [0.4, 0.5) is 10.1 Å². The molecular formula is C12H16FNO2S. The minimum absolute atomic E-state index is 0.0675. The molecule has 17 heavy (non-hydrogen) atoms. The lowest BCUT2D eigenvalue weighted by atomic mass is 9.95. The number of anilines is 1. The molecule has 1 saturated heterocycles. The number of hydrogen-bond donors (Lipinski definition) is 1. The molecule has 0 aliphatic carbocycles. The second kappa shape index (κ2) is 4.64. The van der Waals surface area contributed by atoms with Gasteiger partial charge in [-0.15, -0.1) is 0 Å². The molecule has 2 rings (SSSR count). The van der Waals surface area contributed by atoms with Crippen molar-refractivity contribution in [1.29, 1.82) is 0 Å². The maximum atomic E-state index is 13.2. The van der Waals surface area contributed by atoms with E-state index in [0.29, 0.717) is 18.4 Å². The first-order valence-corrected chi connectivity index (χ1v) is 7.53. The van der Waals surface area contributed by atoms with Crippen LogP contribution < -0.4 is 5.73 Å². The molecule has 1 fully saturated rings. The van der Waals surface area contributed by atoms with Gasteiger partial charge >= 0.3 is 0 Å². The Balaban J connectivity index is 2.13. The topological polar surface area (TPSA) is 60.2 Å². The predicted molar refractivity (Wildman–Crippen MR) is 65.9 cm³/mol. The molecule has 3 nitrogen and oxygen atoms in total. The highest BCUT2D eigenvalue weighted by atomic mass is 32.2. The van der Waals surface area contributed by atoms with E-state index in [1.165, 1.54) is 6.07 Å². The van der Waals surface area contributed by atoms with E-state index in [4.69, 9.17) is 5.73 Å². The summed E-state index contributed by atoms with van der Waals surface area (Å²) in [6.45, 7) is 0. The summed E-state index contributed by atoms with van der Waals surface area (Å²) in [6, 6.07) is 4.69. The van der Waals surface area contributed by atoms with E-state index >= 15 is 0 Å². The zero-order valence-electron chi connectivity index (χ0n) is 9.52. The Hall–Kier alpha value is -1.10. The molecule has 0 radical (unpaired) electrons. The van der Waals surface area contributed by atoms with Crippen molar-refractivity contribution >= 4 is 15.5 Å². The Bertz CT molecular complexity index is 513. The molecule has 1 aromatic carbocycles. The number of para-hydroxylation sites is 1. The SMILES string of the molecule is Nc1c(F)cccc1CC1CCCS(=O)(=O)C1. The first-order chi connectivity index (χ1) is 7.98. The zero-order chi connectivity index (χ0) is 12.5. The van der Waals surface area contributed by atoms with Crippen LogP contribution in [0.5, 0.6) is 0 Å². The number of rotatable bonds is 2. The van der Waals surface area contributed by atoms with Crippen LogP contribution in [0.2, 0.25) is 0 Å². The molecule has 0 saturated carbocycles. The molecule has 94 valence electrons. The molecule has 5 heteroatoms. The first-order valence-electron chi connectivity index (χ1n) is 5.71. The minimum atomic E-state index is -2.91. The van der Waals surface area contributed by atoms with Gasteiger partial charge in [0.2, 0.25) is 0 Å². The van der Waals surface area contributed by atoms with Gasteiger partial charge in [0.05, 0.1) is 17.2 Å². The van der Waals surface area contributed by atoms with Gasteiger partial charge in [-0.25, -0.2) is 12.8 Å². The highest BCUT2D eigenvalue weighted by molar-refractivity contribution is 7.91. The Morgan fingerprint density at radius 3 is 2.88 bits per heavy atom. The number of hydrogen-bond acceptors (Lipinski definition) is 3. The van der Waals surface area contributed by atoms with Crippen LogP contribution in [0, 0.1) is 11.7 Å². The number of halogens is 1. The summed E-state index contributed by atoms with van der Waals surface area (Å²) in [6.07, 6.45) is 2.11. The fourth-order valence-electron chi connectivity index (χ4n) is 2.35. The van der Waals surface area contributed by atoms with Crippen molar-refractivity contribution in [2.45, 2.75) is 19.3 Å². The van der Waals surface area contributed by atoms with E-state index < -0.39 is 15.7 Å². The van der Waals surface area contributed by atoms with Crippen molar-refractivity contribution in [3.05, 3.63) is 29.6 Å². The highest BCUT2D eigenvalue weighted by Crippen LogP contribution is 2.25. The second-order valence-corrected chi connectivity index (χ2v) is 6.87. The molecule has 0 aromatic heterocycles. The van der Waals surface area contributed by atoms with Gasteiger partial charge in [-0.2, -0.15) is 0 Å². The van der Waals surface area contributed by atoms with Crippen LogP contribution in [0.1, 0.15) is 18.4 Å². The molecule has 1 heterocycles. The maximum absolute atomic E-state index is 13.2. The highest BCUT2D eigenvalue weighted by Gasteiger charge is 2.25. The molecular weight excluding hydrogens is 241 g/mol. The lowest BCUT2D eigenvalue weighted by Gasteiger charge is -2.22. The van der Waals surface area contributed by atoms with Gasteiger partial charge in [-0.05, 0) is 36.8 Å². The van der Waals surface area contributed by atoms with Gasteiger partial charge < -0.3 is 5.73 Å². The lowest BCUT2D eigenvalue weighted by molar-refractivity contribution is 0.483. The Labute approximate surface area is 101 Å². The van der Waals surface area contributed by atoms with E-state index in [-0.39, 0.29) is 23.1 Å². The molecule has 2 N–H and O–H groups in total. The molecule has 1 aliphatic heterocycles. The van der Waals surface area contributed by atoms with Crippen molar-refractivity contribution in [2.24, 2.45) is 5.92 Å². The van der Waals surface area contributed by atoms with Crippen molar-refractivity contribution in [3.8, 4) is 0 Å². The fourth-order valence-corrected chi connectivity index (χ4v) is 4.13. The van der Waals surface area contributed by atoms with Crippen LogP contribution in [0.3, 0.4) is 0 Å². The van der Waals surface area contributed by atoms with Gasteiger partial charge in [0, 0.05) is 0 Å². The van der Waals surface area contributed by atoms with E-state index in [2.05, 4.69) is 0 Å². The number of nitrogens with two attached hydrogens (primary N) is 1. The summed E-state index contributed by atoms with van der Waals surface area (Å²) in [5.74, 6) is 0.115. The average Bonchev–Trinajstić information content (AvgIpc) is 2.23. The lowest BCUT2D eigenvalue weighted by Crippen LogP contribution is -2.26. The third-order valence-corrected chi connectivity index (χ3v) is 5.10. The van der Waals surface area contributed by atoms with Gasteiger partial charge in [0.1, 0.15) is 5.82 Å². The molecule has 0 amide bonds. The fraction of sp³-hybridized carbons (Fsp3) is 0.500. The summed E-state index contributed by atoms with van der Waals surface area (Å²) in [5.41, 5.74) is 6.51. The van der Waals surface area contributed by atoms with Gasteiger partial charge in [0.25, 0.3) is 0 Å². The summed E-state index contributed by atoms with van der Waals surface area (Å²) in [5, 5.41) is 0. The van der Waals surface area contributed by atoms with E-state index in [1.807, 2.05) is 0 Å².